The van der Waals surface area contributed by atoms with Gasteiger partial charge in [0.15, 0.2) is 0 Å². The second kappa shape index (κ2) is 3.59. The second-order valence-corrected chi connectivity index (χ2v) is 3.93. The zero-order valence-corrected chi connectivity index (χ0v) is 8.57. The van der Waals surface area contributed by atoms with Gasteiger partial charge >= 0.3 is 6.09 Å². The highest BCUT2D eigenvalue weighted by atomic mass is 16.6. The van der Waals surface area contributed by atoms with E-state index in [1.165, 1.54) is 4.57 Å². The molecule has 3 nitrogen and oxygen atoms in total. The second-order valence-electron chi connectivity index (χ2n) is 3.93. The maximum absolute atomic E-state index is 11.5. The molecule has 3 heteroatoms. The van der Waals surface area contributed by atoms with Gasteiger partial charge in [-0.3, -0.25) is 4.57 Å². The van der Waals surface area contributed by atoms with Gasteiger partial charge in [-0.15, -0.1) is 6.42 Å². The SMILES string of the molecule is C#Cc1ccn(C(=O)OC(C)(C)C)c1. The number of hydrogen-bond acceptors (Lipinski definition) is 2. The van der Waals surface area contributed by atoms with Gasteiger partial charge in [0.25, 0.3) is 0 Å². The molecule has 0 spiro atoms. The highest BCUT2D eigenvalue weighted by Crippen LogP contribution is 2.09. The standard InChI is InChI=1S/C11H13NO2/c1-5-9-6-7-12(8-9)10(13)14-11(2,3)4/h1,6-8H,2-4H3. The van der Waals surface area contributed by atoms with Gasteiger partial charge in [0.1, 0.15) is 5.60 Å². The third-order valence-corrected chi connectivity index (χ3v) is 1.46. The van der Waals surface area contributed by atoms with Gasteiger partial charge in [0, 0.05) is 18.0 Å². The van der Waals surface area contributed by atoms with Crippen molar-refractivity contribution < 1.29 is 9.53 Å². The molecule has 0 aromatic carbocycles. The molecule has 1 aromatic rings. The van der Waals surface area contributed by atoms with Crippen LogP contribution in [0.3, 0.4) is 0 Å². The Morgan fingerprint density at radius 2 is 2.21 bits per heavy atom. The zero-order chi connectivity index (χ0) is 10.8. The predicted molar refractivity (Wildman–Crippen MR) is 54.0 cm³/mol. The van der Waals surface area contributed by atoms with Crippen molar-refractivity contribution in [2.24, 2.45) is 0 Å². The molecule has 14 heavy (non-hydrogen) atoms. The molecular weight excluding hydrogens is 178 g/mol. The highest BCUT2D eigenvalue weighted by Gasteiger charge is 2.17. The monoisotopic (exact) mass is 191 g/mol. The van der Waals surface area contributed by atoms with Crippen molar-refractivity contribution in [2.45, 2.75) is 26.4 Å². The molecule has 0 N–H and O–H groups in total. The highest BCUT2D eigenvalue weighted by molar-refractivity contribution is 5.71. The maximum Gasteiger partial charge on any atom is 0.418 e. The number of rotatable bonds is 0. The number of carbonyl (C=O) groups is 1. The molecule has 0 saturated carbocycles. The third kappa shape index (κ3) is 2.67. The molecule has 0 aliphatic carbocycles. The van der Waals surface area contributed by atoms with Crippen LogP contribution in [0.5, 0.6) is 0 Å². The van der Waals surface area contributed by atoms with Crippen LogP contribution < -0.4 is 0 Å². The van der Waals surface area contributed by atoms with Crippen LogP contribution in [0.4, 0.5) is 4.79 Å². The molecule has 1 heterocycles. The van der Waals surface area contributed by atoms with E-state index in [1.807, 2.05) is 20.8 Å². The van der Waals surface area contributed by atoms with Crippen molar-refractivity contribution in [3.8, 4) is 12.3 Å². The number of hydrogen-bond donors (Lipinski definition) is 0. The van der Waals surface area contributed by atoms with Gasteiger partial charge in [0.05, 0.1) is 0 Å². The predicted octanol–water partition coefficient (Wildman–Crippen LogP) is 2.25. The van der Waals surface area contributed by atoms with Crippen LogP contribution in [0, 0.1) is 12.3 Å². The summed E-state index contributed by atoms with van der Waals surface area (Å²) in [6, 6.07) is 1.68. The van der Waals surface area contributed by atoms with Crippen molar-refractivity contribution in [3.63, 3.8) is 0 Å². The van der Waals surface area contributed by atoms with Gasteiger partial charge in [-0.1, -0.05) is 5.92 Å². The van der Waals surface area contributed by atoms with E-state index in [9.17, 15) is 4.79 Å². The maximum atomic E-state index is 11.5. The summed E-state index contributed by atoms with van der Waals surface area (Å²) in [6.45, 7) is 5.45. The summed E-state index contributed by atoms with van der Waals surface area (Å²) in [7, 11) is 0. The van der Waals surface area contributed by atoms with Crippen molar-refractivity contribution in [2.75, 3.05) is 0 Å². The topological polar surface area (TPSA) is 31.2 Å². The lowest BCUT2D eigenvalue weighted by atomic mass is 10.2. The van der Waals surface area contributed by atoms with Crippen molar-refractivity contribution in [1.82, 2.24) is 4.57 Å². The molecule has 0 unspecified atom stereocenters. The van der Waals surface area contributed by atoms with Crippen LogP contribution in [0.15, 0.2) is 18.5 Å². The van der Waals surface area contributed by atoms with Gasteiger partial charge in [-0.2, -0.15) is 0 Å². The van der Waals surface area contributed by atoms with Crippen molar-refractivity contribution >= 4 is 6.09 Å². The average molecular weight is 191 g/mol. The number of nitrogens with zero attached hydrogens (tertiary/aromatic N) is 1. The fourth-order valence-electron chi connectivity index (χ4n) is 0.910. The Morgan fingerprint density at radius 3 is 2.64 bits per heavy atom. The van der Waals surface area contributed by atoms with E-state index in [-0.39, 0.29) is 0 Å². The van der Waals surface area contributed by atoms with E-state index < -0.39 is 11.7 Å². The minimum Gasteiger partial charge on any atom is -0.443 e. The molecule has 1 rings (SSSR count). The summed E-state index contributed by atoms with van der Waals surface area (Å²) in [6.07, 6.45) is 7.91. The molecule has 1 aromatic heterocycles. The van der Waals surface area contributed by atoms with Crippen LogP contribution >= 0.6 is 0 Å². The summed E-state index contributed by atoms with van der Waals surface area (Å²) < 4.78 is 6.47. The van der Waals surface area contributed by atoms with Crippen LogP contribution in [0.25, 0.3) is 0 Å². The molecular formula is C11H13NO2. The van der Waals surface area contributed by atoms with Gasteiger partial charge in [-0.25, -0.2) is 4.79 Å². The Hall–Kier alpha value is -1.69. The number of carbonyl (C=O) groups excluding carboxylic acids is 1. The fourth-order valence-corrected chi connectivity index (χ4v) is 0.910. The van der Waals surface area contributed by atoms with E-state index in [0.29, 0.717) is 5.56 Å². The largest absolute Gasteiger partial charge is 0.443 e. The first-order valence-electron chi connectivity index (χ1n) is 4.30. The first-order valence-corrected chi connectivity index (χ1v) is 4.30. The fraction of sp³-hybridized carbons (Fsp3) is 0.364. The quantitative estimate of drug-likeness (QED) is 0.589. The lowest BCUT2D eigenvalue weighted by molar-refractivity contribution is 0.0537. The Kier molecular flexibility index (Phi) is 2.66. The number of aromatic nitrogens is 1. The summed E-state index contributed by atoms with van der Waals surface area (Å²) in [5.74, 6) is 2.44. The van der Waals surface area contributed by atoms with E-state index in [1.54, 1.807) is 18.5 Å². The first kappa shape index (κ1) is 10.4. The lowest BCUT2D eigenvalue weighted by Crippen LogP contribution is -2.26. The molecule has 0 aliphatic heterocycles. The minimum atomic E-state index is -0.488. The van der Waals surface area contributed by atoms with Crippen molar-refractivity contribution in [3.05, 3.63) is 24.0 Å². The Labute approximate surface area is 83.7 Å². The average Bonchev–Trinajstić information content (AvgIpc) is 2.48. The summed E-state index contributed by atoms with van der Waals surface area (Å²) in [5.41, 5.74) is 0.174. The lowest BCUT2D eigenvalue weighted by Gasteiger charge is -2.19. The Bertz CT molecular complexity index is 377. The zero-order valence-electron chi connectivity index (χ0n) is 8.57. The minimum absolute atomic E-state index is 0.418. The van der Waals surface area contributed by atoms with Gasteiger partial charge in [-0.05, 0) is 26.8 Å². The van der Waals surface area contributed by atoms with E-state index in [0.717, 1.165) is 0 Å². The molecule has 0 amide bonds. The molecule has 0 saturated heterocycles. The van der Waals surface area contributed by atoms with Crippen LogP contribution in [-0.4, -0.2) is 16.3 Å². The van der Waals surface area contributed by atoms with E-state index in [2.05, 4.69) is 5.92 Å². The molecule has 0 aliphatic rings. The number of ether oxygens (including phenoxy) is 1. The molecule has 0 bridgehead atoms. The Balaban J connectivity index is 2.76. The van der Waals surface area contributed by atoms with Crippen LogP contribution in [-0.2, 0) is 4.74 Å². The normalized spacial score (nSPS) is 10.7. The molecule has 0 atom stereocenters. The number of terminal acetylenes is 1. The van der Waals surface area contributed by atoms with E-state index >= 15 is 0 Å². The van der Waals surface area contributed by atoms with Crippen LogP contribution in [0.1, 0.15) is 26.3 Å². The molecule has 0 fully saturated rings. The molecule has 74 valence electrons. The third-order valence-electron chi connectivity index (χ3n) is 1.46. The van der Waals surface area contributed by atoms with Crippen LogP contribution in [0.2, 0.25) is 0 Å². The van der Waals surface area contributed by atoms with Crippen molar-refractivity contribution in [1.29, 1.82) is 0 Å². The molecule has 0 radical (unpaired) electrons. The van der Waals surface area contributed by atoms with Gasteiger partial charge in [0.2, 0.25) is 0 Å². The Morgan fingerprint density at radius 1 is 1.57 bits per heavy atom. The summed E-state index contributed by atoms with van der Waals surface area (Å²) in [4.78, 5) is 11.5. The van der Waals surface area contributed by atoms with Gasteiger partial charge < -0.3 is 4.74 Å². The smallest absolute Gasteiger partial charge is 0.418 e. The van der Waals surface area contributed by atoms with E-state index in [4.69, 9.17) is 11.2 Å². The first-order chi connectivity index (χ1) is 6.42. The summed E-state index contributed by atoms with van der Waals surface area (Å²) >= 11 is 0. The summed E-state index contributed by atoms with van der Waals surface area (Å²) in [5, 5.41) is 0.